The zero-order chi connectivity index (χ0) is 15.0. The molecule has 4 heteroatoms. The number of para-hydroxylation sites is 2. The second kappa shape index (κ2) is 5.60. The normalized spacial score (nSPS) is 13.0. The average molecular weight is 347 g/mol. The van der Waals surface area contributed by atoms with Gasteiger partial charge < -0.3 is 4.57 Å². The average Bonchev–Trinajstić information content (AvgIpc) is 2.86. The molecule has 0 saturated carbocycles. The number of benzene rings is 2. The topological polar surface area (TPSA) is 17.8 Å². The Bertz CT molecular complexity index is 762. The maximum absolute atomic E-state index is 15.0. The summed E-state index contributed by atoms with van der Waals surface area (Å²) in [7, 11) is 0. The largest absolute Gasteiger partial charge is 0.323 e. The molecule has 0 aliphatic rings. The SMILES string of the molecule is CC(C)n1c(C(F)c2ccc(Br)cc2)nc2ccccc21. The molecule has 3 aromatic rings. The van der Waals surface area contributed by atoms with Crippen molar-refractivity contribution in [3.8, 4) is 0 Å². The summed E-state index contributed by atoms with van der Waals surface area (Å²) in [5.74, 6) is 0.466. The van der Waals surface area contributed by atoms with Crippen LogP contribution in [0.1, 0.15) is 37.4 Å². The van der Waals surface area contributed by atoms with Crippen molar-refractivity contribution >= 4 is 27.0 Å². The fraction of sp³-hybridized carbons (Fsp3) is 0.235. The minimum Gasteiger partial charge on any atom is -0.323 e. The number of alkyl halides is 1. The summed E-state index contributed by atoms with van der Waals surface area (Å²) in [5.41, 5.74) is 2.43. The highest BCUT2D eigenvalue weighted by atomic mass is 79.9. The van der Waals surface area contributed by atoms with Gasteiger partial charge in [0.15, 0.2) is 6.17 Å². The van der Waals surface area contributed by atoms with Gasteiger partial charge >= 0.3 is 0 Å². The number of imidazole rings is 1. The van der Waals surface area contributed by atoms with Crippen LogP contribution in [0.4, 0.5) is 4.39 Å². The molecule has 0 N–H and O–H groups in total. The van der Waals surface area contributed by atoms with Crippen LogP contribution in [0.3, 0.4) is 0 Å². The summed E-state index contributed by atoms with van der Waals surface area (Å²) in [4.78, 5) is 4.51. The van der Waals surface area contributed by atoms with Crippen molar-refractivity contribution < 1.29 is 4.39 Å². The van der Waals surface area contributed by atoms with Crippen LogP contribution in [0, 0.1) is 0 Å². The van der Waals surface area contributed by atoms with Crippen molar-refractivity contribution in [3.05, 3.63) is 64.4 Å². The van der Waals surface area contributed by atoms with Gasteiger partial charge in [0.2, 0.25) is 0 Å². The molecule has 21 heavy (non-hydrogen) atoms. The monoisotopic (exact) mass is 346 g/mol. The first-order chi connectivity index (χ1) is 10.1. The Morgan fingerprint density at radius 3 is 2.38 bits per heavy atom. The van der Waals surface area contributed by atoms with Crippen molar-refractivity contribution in [2.45, 2.75) is 26.1 Å². The third-order valence-electron chi connectivity index (χ3n) is 3.53. The zero-order valence-electron chi connectivity index (χ0n) is 11.9. The molecule has 1 aromatic heterocycles. The van der Waals surface area contributed by atoms with E-state index in [2.05, 4.69) is 20.9 Å². The number of nitrogens with zero attached hydrogens (tertiary/aromatic N) is 2. The zero-order valence-corrected chi connectivity index (χ0v) is 13.5. The highest BCUT2D eigenvalue weighted by Gasteiger charge is 2.22. The van der Waals surface area contributed by atoms with Crippen LogP contribution in [0.5, 0.6) is 0 Å². The lowest BCUT2D eigenvalue weighted by atomic mass is 10.1. The van der Waals surface area contributed by atoms with Gasteiger partial charge in [-0.2, -0.15) is 0 Å². The lowest BCUT2D eigenvalue weighted by Gasteiger charge is -2.16. The summed E-state index contributed by atoms with van der Waals surface area (Å²) in [6.07, 6.45) is -1.23. The van der Waals surface area contributed by atoms with Gasteiger partial charge in [-0.15, -0.1) is 0 Å². The summed E-state index contributed by atoms with van der Waals surface area (Å²) < 4.78 is 17.9. The third kappa shape index (κ3) is 2.60. The van der Waals surface area contributed by atoms with Gasteiger partial charge in [0, 0.05) is 10.5 Å². The highest BCUT2D eigenvalue weighted by Crippen LogP contribution is 2.31. The molecule has 0 aliphatic heterocycles. The summed E-state index contributed by atoms with van der Waals surface area (Å²) >= 11 is 3.37. The minimum atomic E-state index is -1.23. The molecule has 1 unspecified atom stereocenters. The molecular weight excluding hydrogens is 331 g/mol. The van der Waals surface area contributed by atoms with Gasteiger partial charge in [0.1, 0.15) is 5.82 Å². The molecule has 0 fully saturated rings. The number of hydrogen-bond acceptors (Lipinski definition) is 1. The summed E-state index contributed by atoms with van der Waals surface area (Å²) in [6.45, 7) is 4.10. The van der Waals surface area contributed by atoms with Crippen molar-refractivity contribution in [2.24, 2.45) is 0 Å². The Kier molecular flexibility index (Phi) is 3.81. The predicted octanol–water partition coefficient (Wildman–Crippen LogP) is 5.44. The number of aromatic nitrogens is 2. The van der Waals surface area contributed by atoms with E-state index in [1.54, 1.807) is 12.1 Å². The molecule has 3 rings (SSSR count). The van der Waals surface area contributed by atoms with E-state index in [1.807, 2.05) is 54.8 Å². The lowest BCUT2D eigenvalue weighted by Crippen LogP contribution is -2.09. The predicted molar refractivity (Wildman–Crippen MR) is 87.2 cm³/mol. The van der Waals surface area contributed by atoms with E-state index in [9.17, 15) is 4.39 Å². The third-order valence-corrected chi connectivity index (χ3v) is 4.06. The quantitative estimate of drug-likeness (QED) is 0.617. The van der Waals surface area contributed by atoms with Crippen molar-refractivity contribution in [3.63, 3.8) is 0 Å². The number of fused-ring (bicyclic) bond motifs is 1. The van der Waals surface area contributed by atoms with Gasteiger partial charge in [-0.1, -0.05) is 40.2 Å². The molecule has 0 radical (unpaired) electrons. The Hall–Kier alpha value is -1.68. The number of halogens is 2. The smallest absolute Gasteiger partial charge is 0.183 e. The van der Waals surface area contributed by atoms with Gasteiger partial charge in [0.25, 0.3) is 0 Å². The van der Waals surface area contributed by atoms with E-state index >= 15 is 0 Å². The molecular formula is C17H16BrFN2. The Labute approximate surface area is 131 Å². The van der Waals surface area contributed by atoms with E-state index in [4.69, 9.17) is 0 Å². The van der Waals surface area contributed by atoms with E-state index in [-0.39, 0.29) is 6.04 Å². The Morgan fingerprint density at radius 1 is 1.05 bits per heavy atom. The lowest BCUT2D eigenvalue weighted by molar-refractivity contribution is 0.365. The van der Waals surface area contributed by atoms with Crippen LogP contribution >= 0.6 is 15.9 Å². The van der Waals surface area contributed by atoms with E-state index in [1.165, 1.54) is 0 Å². The molecule has 2 nitrogen and oxygen atoms in total. The maximum atomic E-state index is 15.0. The van der Waals surface area contributed by atoms with Gasteiger partial charge in [-0.3, -0.25) is 0 Å². The van der Waals surface area contributed by atoms with E-state index in [0.717, 1.165) is 15.5 Å². The van der Waals surface area contributed by atoms with E-state index < -0.39 is 6.17 Å². The second-order valence-corrected chi connectivity index (χ2v) is 6.25. The molecule has 2 aromatic carbocycles. The Morgan fingerprint density at radius 2 is 1.71 bits per heavy atom. The summed E-state index contributed by atoms with van der Waals surface area (Å²) in [5, 5.41) is 0. The molecule has 0 aliphatic carbocycles. The highest BCUT2D eigenvalue weighted by molar-refractivity contribution is 9.10. The number of rotatable bonds is 3. The Balaban J connectivity index is 2.14. The molecule has 0 amide bonds. The maximum Gasteiger partial charge on any atom is 0.183 e. The summed E-state index contributed by atoms with van der Waals surface area (Å²) in [6, 6.07) is 15.2. The number of hydrogen-bond donors (Lipinski definition) is 0. The van der Waals surface area contributed by atoms with Gasteiger partial charge in [-0.25, -0.2) is 9.37 Å². The van der Waals surface area contributed by atoms with Crippen molar-refractivity contribution in [1.82, 2.24) is 9.55 Å². The van der Waals surface area contributed by atoms with Crippen LogP contribution in [0.25, 0.3) is 11.0 Å². The first-order valence-electron chi connectivity index (χ1n) is 6.94. The molecule has 0 bridgehead atoms. The molecule has 1 heterocycles. The van der Waals surface area contributed by atoms with Crippen molar-refractivity contribution in [1.29, 1.82) is 0 Å². The fourth-order valence-electron chi connectivity index (χ4n) is 2.57. The van der Waals surface area contributed by atoms with Crippen LogP contribution in [-0.2, 0) is 0 Å². The molecule has 0 saturated heterocycles. The fourth-order valence-corrected chi connectivity index (χ4v) is 2.83. The first kappa shape index (κ1) is 14.3. The molecule has 0 spiro atoms. The van der Waals surface area contributed by atoms with Crippen LogP contribution in [-0.4, -0.2) is 9.55 Å². The molecule has 1 atom stereocenters. The van der Waals surface area contributed by atoms with Crippen LogP contribution < -0.4 is 0 Å². The van der Waals surface area contributed by atoms with Crippen LogP contribution in [0.15, 0.2) is 53.0 Å². The van der Waals surface area contributed by atoms with Crippen molar-refractivity contribution in [2.75, 3.05) is 0 Å². The standard InChI is InChI=1S/C17H16BrFN2/c1-11(2)21-15-6-4-3-5-14(15)20-17(21)16(19)12-7-9-13(18)10-8-12/h3-11,16H,1-2H3. The first-order valence-corrected chi connectivity index (χ1v) is 7.73. The minimum absolute atomic E-state index is 0.154. The molecule has 108 valence electrons. The van der Waals surface area contributed by atoms with E-state index in [0.29, 0.717) is 11.4 Å². The van der Waals surface area contributed by atoms with Gasteiger partial charge in [0.05, 0.1) is 11.0 Å². The van der Waals surface area contributed by atoms with Gasteiger partial charge in [-0.05, 0) is 43.7 Å². The van der Waals surface area contributed by atoms with Crippen LogP contribution in [0.2, 0.25) is 0 Å². The second-order valence-electron chi connectivity index (χ2n) is 5.34.